The SMILES string of the molecule is CCCNC1(C#N)CCC(N2CCCS(=O)(=O)CC2)C1. The molecule has 2 fully saturated rings. The van der Waals surface area contributed by atoms with E-state index in [-0.39, 0.29) is 5.75 Å². The van der Waals surface area contributed by atoms with Crippen molar-refractivity contribution in [1.82, 2.24) is 10.2 Å². The van der Waals surface area contributed by atoms with Gasteiger partial charge in [0.1, 0.15) is 5.54 Å². The summed E-state index contributed by atoms with van der Waals surface area (Å²) in [6.07, 6.45) is 4.43. The molecule has 1 aliphatic heterocycles. The van der Waals surface area contributed by atoms with Crippen LogP contribution in [0.4, 0.5) is 0 Å². The quantitative estimate of drug-likeness (QED) is 0.835. The molecule has 1 saturated carbocycles. The van der Waals surface area contributed by atoms with Gasteiger partial charge in [-0.15, -0.1) is 0 Å². The monoisotopic (exact) mass is 299 g/mol. The van der Waals surface area contributed by atoms with Gasteiger partial charge in [-0.2, -0.15) is 5.26 Å². The Morgan fingerprint density at radius 1 is 1.40 bits per heavy atom. The minimum atomic E-state index is -2.85. The van der Waals surface area contributed by atoms with Crippen LogP contribution in [0, 0.1) is 11.3 Å². The van der Waals surface area contributed by atoms with Gasteiger partial charge in [0.25, 0.3) is 0 Å². The van der Waals surface area contributed by atoms with Crippen molar-refractivity contribution in [3.63, 3.8) is 0 Å². The van der Waals surface area contributed by atoms with Crippen molar-refractivity contribution in [2.24, 2.45) is 0 Å². The van der Waals surface area contributed by atoms with E-state index >= 15 is 0 Å². The van der Waals surface area contributed by atoms with Crippen LogP contribution in [0.5, 0.6) is 0 Å². The maximum absolute atomic E-state index is 11.7. The maximum atomic E-state index is 11.7. The normalized spacial score (nSPS) is 34.5. The van der Waals surface area contributed by atoms with Gasteiger partial charge in [-0.05, 0) is 45.2 Å². The highest BCUT2D eigenvalue weighted by molar-refractivity contribution is 7.91. The van der Waals surface area contributed by atoms with Crippen LogP contribution in [0.3, 0.4) is 0 Å². The van der Waals surface area contributed by atoms with Crippen molar-refractivity contribution in [1.29, 1.82) is 5.26 Å². The summed E-state index contributed by atoms with van der Waals surface area (Å²) in [6.45, 7) is 4.44. The molecule has 2 unspecified atom stereocenters. The van der Waals surface area contributed by atoms with Crippen LogP contribution in [0.1, 0.15) is 39.0 Å². The molecule has 0 radical (unpaired) electrons. The van der Waals surface area contributed by atoms with Crippen LogP contribution >= 0.6 is 0 Å². The van der Waals surface area contributed by atoms with Crippen LogP contribution in [0.25, 0.3) is 0 Å². The molecule has 6 heteroatoms. The highest BCUT2D eigenvalue weighted by Crippen LogP contribution is 2.33. The molecule has 1 aliphatic carbocycles. The smallest absolute Gasteiger partial charge is 0.151 e. The third-order valence-corrected chi connectivity index (χ3v) is 6.24. The van der Waals surface area contributed by atoms with Crippen molar-refractivity contribution in [2.45, 2.75) is 50.6 Å². The van der Waals surface area contributed by atoms with Crippen LogP contribution < -0.4 is 5.32 Å². The first-order chi connectivity index (χ1) is 9.50. The highest BCUT2D eigenvalue weighted by Gasteiger charge is 2.41. The Labute approximate surface area is 122 Å². The Bertz CT molecular complexity index is 471. The van der Waals surface area contributed by atoms with Gasteiger partial charge >= 0.3 is 0 Å². The number of nitrogens with zero attached hydrogens (tertiary/aromatic N) is 2. The number of hydrogen-bond donors (Lipinski definition) is 1. The summed E-state index contributed by atoms with van der Waals surface area (Å²) < 4.78 is 23.3. The van der Waals surface area contributed by atoms with Gasteiger partial charge < -0.3 is 0 Å². The Hall–Kier alpha value is -0.640. The highest BCUT2D eigenvalue weighted by atomic mass is 32.2. The first-order valence-corrected chi connectivity index (χ1v) is 9.43. The van der Waals surface area contributed by atoms with Gasteiger partial charge in [-0.1, -0.05) is 6.92 Å². The molecule has 2 rings (SSSR count). The molecule has 1 saturated heterocycles. The average Bonchev–Trinajstić information content (AvgIpc) is 2.76. The molecule has 0 aromatic carbocycles. The fraction of sp³-hybridized carbons (Fsp3) is 0.929. The summed E-state index contributed by atoms with van der Waals surface area (Å²) in [5.74, 6) is 0.582. The second-order valence-electron chi connectivity index (χ2n) is 6.06. The third kappa shape index (κ3) is 3.72. The summed E-state index contributed by atoms with van der Waals surface area (Å²) in [5, 5.41) is 12.9. The second kappa shape index (κ2) is 6.42. The van der Waals surface area contributed by atoms with E-state index in [1.807, 2.05) is 0 Å². The number of rotatable bonds is 4. The van der Waals surface area contributed by atoms with E-state index in [0.29, 0.717) is 18.3 Å². The largest absolute Gasteiger partial charge is 0.299 e. The van der Waals surface area contributed by atoms with Crippen LogP contribution in [0.15, 0.2) is 0 Å². The number of nitriles is 1. The predicted octanol–water partition coefficient (Wildman–Crippen LogP) is 0.921. The first kappa shape index (κ1) is 15.7. The standard InChI is InChI=1S/C14H25N3O2S/c1-2-6-16-14(12-15)5-4-13(11-14)17-7-3-9-20(18,19)10-8-17/h13,16H,2-11H2,1H3. The molecule has 0 aromatic rings. The van der Waals surface area contributed by atoms with Gasteiger partial charge in [0.05, 0.1) is 17.6 Å². The number of sulfone groups is 1. The summed E-state index contributed by atoms with van der Waals surface area (Å²) >= 11 is 0. The molecule has 0 amide bonds. The van der Waals surface area contributed by atoms with Crippen molar-refractivity contribution < 1.29 is 8.42 Å². The van der Waals surface area contributed by atoms with Crippen molar-refractivity contribution in [2.75, 3.05) is 31.1 Å². The molecule has 2 atom stereocenters. The lowest BCUT2D eigenvalue weighted by Crippen LogP contribution is -2.44. The van der Waals surface area contributed by atoms with E-state index in [1.54, 1.807) is 0 Å². The lowest BCUT2D eigenvalue weighted by molar-refractivity contribution is 0.207. The zero-order valence-corrected chi connectivity index (χ0v) is 13.1. The van der Waals surface area contributed by atoms with E-state index in [2.05, 4.69) is 23.2 Å². The van der Waals surface area contributed by atoms with Crippen LogP contribution in [-0.2, 0) is 9.84 Å². The Morgan fingerprint density at radius 3 is 2.90 bits per heavy atom. The molecule has 2 aliphatic rings. The molecule has 0 spiro atoms. The molecule has 20 heavy (non-hydrogen) atoms. The molecule has 1 heterocycles. The fourth-order valence-corrected chi connectivity index (χ4v) is 4.61. The molecule has 114 valence electrons. The summed E-state index contributed by atoms with van der Waals surface area (Å²) in [4.78, 5) is 2.29. The molecular formula is C14H25N3O2S. The van der Waals surface area contributed by atoms with E-state index in [9.17, 15) is 13.7 Å². The lowest BCUT2D eigenvalue weighted by Gasteiger charge is -2.28. The van der Waals surface area contributed by atoms with E-state index in [0.717, 1.165) is 45.2 Å². The zero-order valence-electron chi connectivity index (χ0n) is 12.3. The number of hydrogen-bond acceptors (Lipinski definition) is 5. The average molecular weight is 299 g/mol. The third-order valence-electron chi connectivity index (χ3n) is 4.52. The van der Waals surface area contributed by atoms with Gasteiger partial charge in [0, 0.05) is 12.6 Å². The molecule has 0 aromatic heterocycles. The Kier molecular flexibility index (Phi) is 5.05. The van der Waals surface area contributed by atoms with E-state index in [1.165, 1.54) is 0 Å². The van der Waals surface area contributed by atoms with Gasteiger partial charge in [-0.3, -0.25) is 10.2 Å². The van der Waals surface area contributed by atoms with Gasteiger partial charge in [0.15, 0.2) is 9.84 Å². The fourth-order valence-electron chi connectivity index (χ4n) is 3.32. The molecule has 0 bridgehead atoms. The summed E-state index contributed by atoms with van der Waals surface area (Å²) in [7, 11) is -2.85. The summed E-state index contributed by atoms with van der Waals surface area (Å²) in [5.41, 5.74) is -0.397. The Morgan fingerprint density at radius 2 is 2.20 bits per heavy atom. The van der Waals surface area contributed by atoms with Crippen LogP contribution in [0.2, 0.25) is 0 Å². The molecule has 5 nitrogen and oxygen atoms in total. The van der Waals surface area contributed by atoms with Crippen LogP contribution in [-0.4, -0.2) is 56.0 Å². The predicted molar refractivity (Wildman–Crippen MR) is 79.1 cm³/mol. The minimum absolute atomic E-state index is 0.269. The van der Waals surface area contributed by atoms with Crippen molar-refractivity contribution >= 4 is 9.84 Å². The van der Waals surface area contributed by atoms with E-state index in [4.69, 9.17) is 0 Å². The Balaban J connectivity index is 1.96. The number of nitrogens with one attached hydrogen (secondary N) is 1. The minimum Gasteiger partial charge on any atom is -0.299 e. The van der Waals surface area contributed by atoms with Gasteiger partial charge in [-0.25, -0.2) is 8.42 Å². The van der Waals surface area contributed by atoms with E-state index < -0.39 is 15.4 Å². The first-order valence-electron chi connectivity index (χ1n) is 7.61. The van der Waals surface area contributed by atoms with Crippen molar-refractivity contribution in [3.8, 4) is 6.07 Å². The maximum Gasteiger partial charge on any atom is 0.151 e. The topological polar surface area (TPSA) is 73.2 Å². The van der Waals surface area contributed by atoms with Gasteiger partial charge in [0.2, 0.25) is 0 Å². The molecule has 1 N–H and O–H groups in total. The van der Waals surface area contributed by atoms with Crippen molar-refractivity contribution in [3.05, 3.63) is 0 Å². The lowest BCUT2D eigenvalue weighted by atomic mass is 9.99. The zero-order chi connectivity index (χ0) is 14.6. The molecular weight excluding hydrogens is 274 g/mol. The second-order valence-corrected chi connectivity index (χ2v) is 8.36. The summed E-state index contributed by atoms with van der Waals surface area (Å²) in [6, 6.07) is 2.81.